The van der Waals surface area contributed by atoms with E-state index in [9.17, 15) is 0 Å². The minimum absolute atomic E-state index is 0. The Morgan fingerprint density at radius 2 is 2.21 bits per heavy atom. The van der Waals surface area contributed by atoms with Crippen LogP contribution in [0.2, 0.25) is 0 Å². The molecule has 0 bridgehead atoms. The number of rotatable bonds is 5. The quantitative estimate of drug-likeness (QED) is 0.285. The maximum Gasteiger partial charge on any atom is 0.189 e. The molecule has 1 unspecified atom stereocenters. The molecule has 0 radical (unpaired) electrons. The molecule has 1 aliphatic rings. The van der Waals surface area contributed by atoms with Gasteiger partial charge in [0, 0.05) is 30.9 Å². The molecule has 128 valence electrons. The van der Waals surface area contributed by atoms with Gasteiger partial charge < -0.3 is 21.1 Å². The molecule has 8 heteroatoms. The maximum absolute atomic E-state index is 5.98. The zero-order chi connectivity index (χ0) is 15.9. The minimum Gasteiger partial charge on any atom is -0.493 e. The Morgan fingerprint density at radius 1 is 1.33 bits per heavy atom. The first-order valence-corrected chi connectivity index (χ1v) is 7.61. The highest BCUT2D eigenvalue weighted by Gasteiger charge is 2.20. The van der Waals surface area contributed by atoms with Crippen molar-refractivity contribution in [2.75, 3.05) is 25.0 Å². The van der Waals surface area contributed by atoms with Crippen LogP contribution < -0.4 is 21.1 Å². The van der Waals surface area contributed by atoms with Crippen molar-refractivity contribution >= 4 is 35.8 Å². The van der Waals surface area contributed by atoms with Gasteiger partial charge in [0.2, 0.25) is 0 Å². The van der Waals surface area contributed by atoms with Crippen molar-refractivity contribution in [1.82, 2.24) is 15.3 Å². The van der Waals surface area contributed by atoms with Crippen LogP contribution in [0.4, 0.5) is 5.82 Å². The Bertz CT molecular complexity index is 667. The van der Waals surface area contributed by atoms with Crippen LogP contribution >= 0.6 is 24.0 Å². The summed E-state index contributed by atoms with van der Waals surface area (Å²) in [6.07, 6.45) is 5.82. The van der Waals surface area contributed by atoms with E-state index in [0.717, 1.165) is 23.6 Å². The van der Waals surface area contributed by atoms with Gasteiger partial charge in [-0.1, -0.05) is 18.2 Å². The van der Waals surface area contributed by atoms with Crippen LogP contribution in [0.15, 0.2) is 47.8 Å². The number of aromatic nitrogens is 2. The summed E-state index contributed by atoms with van der Waals surface area (Å²) in [6.45, 7) is 1.88. The van der Waals surface area contributed by atoms with Crippen molar-refractivity contribution in [3.63, 3.8) is 0 Å². The average Bonchev–Trinajstić information content (AvgIpc) is 2.60. The molecule has 2 heterocycles. The van der Waals surface area contributed by atoms with Gasteiger partial charge in [0.25, 0.3) is 0 Å². The summed E-state index contributed by atoms with van der Waals surface area (Å²) in [7, 11) is 0. The van der Waals surface area contributed by atoms with Crippen LogP contribution in [0.5, 0.6) is 5.75 Å². The standard InChI is InChI=1S/C16H20N6O.HI/c17-16(21-9-8-20-15-11-18-6-7-19-15)22-13-5-10-23-14-4-2-1-3-12(13)14;/h1-4,6-7,11,13H,5,8-10H2,(H,19,20)(H3,17,21,22);1H. The molecule has 0 saturated heterocycles. The predicted molar refractivity (Wildman–Crippen MR) is 105 cm³/mol. The molecular weight excluding hydrogens is 419 g/mol. The number of fused-ring (bicyclic) bond motifs is 1. The van der Waals surface area contributed by atoms with E-state index in [4.69, 9.17) is 10.5 Å². The second kappa shape index (κ2) is 9.26. The first kappa shape index (κ1) is 18.2. The first-order valence-electron chi connectivity index (χ1n) is 7.61. The van der Waals surface area contributed by atoms with Crippen molar-refractivity contribution in [3.05, 3.63) is 48.4 Å². The Balaban J connectivity index is 0.00000208. The summed E-state index contributed by atoms with van der Waals surface area (Å²) >= 11 is 0. The lowest BCUT2D eigenvalue weighted by Crippen LogP contribution is -2.37. The topological polar surface area (TPSA) is 97.5 Å². The van der Waals surface area contributed by atoms with Gasteiger partial charge >= 0.3 is 0 Å². The molecule has 24 heavy (non-hydrogen) atoms. The summed E-state index contributed by atoms with van der Waals surface area (Å²) in [4.78, 5) is 12.5. The van der Waals surface area contributed by atoms with Crippen LogP contribution in [0.1, 0.15) is 18.0 Å². The lowest BCUT2D eigenvalue weighted by molar-refractivity contribution is 0.262. The third kappa shape index (κ3) is 4.95. The van der Waals surface area contributed by atoms with Gasteiger partial charge in [-0.05, 0) is 6.07 Å². The molecule has 3 rings (SSSR count). The number of hydrogen-bond acceptors (Lipinski definition) is 5. The van der Waals surface area contributed by atoms with Gasteiger partial charge in [-0.15, -0.1) is 24.0 Å². The van der Waals surface area contributed by atoms with E-state index in [1.54, 1.807) is 18.6 Å². The SMILES string of the molecule is I.NC(=NCCNc1cnccn1)NC1CCOc2ccccc21. The third-order valence-electron chi connectivity index (χ3n) is 3.54. The number of para-hydroxylation sites is 1. The Kier molecular flexibility index (Phi) is 7.04. The van der Waals surface area contributed by atoms with E-state index >= 15 is 0 Å². The monoisotopic (exact) mass is 440 g/mol. The lowest BCUT2D eigenvalue weighted by atomic mass is 10.0. The van der Waals surface area contributed by atoms with Crippen LogP contribution in [0.3, 0.4) is 0 Å². The molecular formula is C16H21IN6O. The number of halogens is 1. The van der Waals surface area contributed by atoms with E-state index < -0.39 is 0 Å². The van der Waals surface area contributed by atoms with Crippen LogP contribution in [-0.2, 0) is 0 Å². The summed E-state index contributed by atoms with van der Waals surface area (Å²) < 4.78 is 5.64. The average molecular weight is 440 g/mol. The van der Waals surface area contributed by atoms with E-state index in [-0.39, 0.29) is 30.0 Å². The Morgan fingerprint density at radius 3 is 3.04 bits per heavy atom. The number of anilines is 1. The second-order valence-corrected chi connectivity index (χ2v) is 5.16. The van der Waals surface area contributed by atoms with Crippen LogP contribution in [0.25, 0.3) is 0 Å². The third-order valence-corrected chi connectivity index (χ3v) is 3.54. The highest BCUT2D eigenvalue weighted by molar-refractivity contribution is 14.0. The van der Waals surface area contributed by atoms with Crippen molar-refractivity contribution in [3.8, 4) is 5.75 Å². The fourth-order valence-corrected chi connectivity index (χ4v) is 2.47. The highest BCUT2D eigenvalue weighted by Crippen LogP contribution is 2.31. The molecule has 2 aromatic rings. The molecule has 0 amide bonds. The van der Waals surface area contributed by atoms with Gasteiger partial charge in [-0.2, -0.15) is 0 Å². The van der Waals surface area contributed by atoms with Crippen molar-refractivity contribution in [2.24, 2.45) is 10.7 Å². The first-order chi connectivity index (χ1) is 11.3. The zero-order valence-corrected chi connectivity index (χ0v) is 15.5. The van der Waals surface area contributed by atoms with E-state index in [2.05, 4.69) is 31.7 Å². The lowest BCUT2D eigenvalue weighted by Gasteiger charge is -2.26. The number of aliphatic imine (C=N–C) groups is 1. The molecule has 7 nitrogen and oxygen atoms in total. The molecule has 0 aliphatic carbocycles. The Hall–Kier alpha value is -2.10. The molecule has 1 aromatic carbocycles. The smallest absolute Gasteiger partial charge is 0.189 e. The van der Waals surface area contributed by atoms with Gasteiger partial charge in [0.05, 0.1) is 25.4 Å². The van der Waals surface area contributed by atoms with Gasteiger partial charge in [0.15, 0.2) is 5.96 Å². The molecule has 0 spiro atoms. The predicted octanol–water partition coefficient (Wildman–Crippen LogP) is 1.93. The molecule has 1 aliphatic heterocycles. The van der Waals surface area contributed by atoms with Gasteiger partial charge in [-0.25, -0.2) is 4.98 Å². The van der Waals surface area contributed by atoms with Gasteiger partial charge in [0.1, 0.15) is 11.6 Å². The van der Waals surface area contributed by atoms with E-state index in [1.165, 1.54) is 0 Å². The van der Waals surface area contributed by atoms with Crippen LogP contribution in [-0.4, -0.2) is 35.6 Å². The fourth-order valence-electron chi connectivity index (χ4n) is 2.47. The van der Waals surface area contributed by atoms with Crippen molar-refractivity contribution in [2.45, 2.75) is 12.5 Å². The van der Waals surface area contributed by atoms with Crippen LogP contribution in [0, 0.1) is 0 Å². The molecule has 0 saturated carbocycles. The number of hydrogen-bond donors (Lipinski definition) is 3. The highest BCUT2D eigenvalue weighted by atomic mass is 127. The number of nitrogens with zero attached hydrogens (tertiary/aromatic N) is 3. The Labute approximate surface area is 158 Å². The summed E-state index contributed by atoms with van der Waals surface area (Å²) in [5.74, 6) is 2.08. The number of ether oxygens (including phenoxy) is 1. The van der Waals surface area contributed by atoms with Gasteiger partial charge in [-0.3, -0.25) is 9.98 Å². The number of benzene rings is 1. The van der Waals surface area contributed by atoms with E-state index in [0.29, 0.717) is 25.7 Å². The molecule has 4 N–H and O–H groups in total. The summed E-state index contributed by atoms with van der Waals surface area (Å²) in [5.41, 5.74) is 7.10. The summed E-state index contributed by atoms with van der Waals surface area (Å²) in [6, 6.07) is 8.13. The number of guanidine groups is 1. The normalized spacial score (nSPS) is 16.3. The van der Waals surface area contributed by atoms with E-state index in [1.807, 2.05) is 18.2 Å². The number of nitrogens with two attached hydrogens (primary N) is 1. The summed E-state index contributed by atoms with van der Waals surface area (Å²) in [5, 5.41) is 6.40. The zero-order valence-electron chi connectivity index (χ0n) is 13.2. The largest absolute Gasteiger partial charge is 0.493 e. The molecule has 0 fully saturated rings. The fraction of sp³-hybridized carbons (Fsp3) is 0.312. The second-order valence-electron chi connectivity index (χ2n) is 5.16. The van der Waals surface area contributed by atoms with Crippen molar-refractivity contribution < 1.29 is 4.74 Å². The van der Waals surface area contributed by atoms with Crippen molar-refractivity contribution in [1.29, 1.82) is 0 Å². The molecule has 1 atom stereocenters. The number of nitrogens with one attached hydrogen (secondary N) is 2. The molecule has 1 aromatic heterocycles. The maximum atomic E-state index is 5.98. The minimum atomic E-state index is 0.